The molecule has 1 heterocycles. The Kier molecular flexibility index (Phi) is 3.02. The van der Waals surface area contributed by atoms with Gasteiger partial charge in [0.25, 0.3) is 0 Å². The molecule has 0 amide bonds. The van der Waals surface area contributed by atoms with Gasteiger partial charge in [0.2, 0.25) is 0 Å². The summed E-state index contributed by atoms with van der Waals surface area (Å²) >= 11 is 0. The molecule has 0 aliphatic heterocycles. The summed E-state index contributed by atoms with van der Waals surface area (Å²) in [4.78, 5) is 19.6. The van der Waals surface area contributed by atoms with Crippen molar-refractivity contribution >= 4 is 22.6 Å². The minimum Gasteiger partial charge on any atom is -0.477 e. The van der Waals surface area contributed by atoms with Gasteiger partial charge in [0, 0.05) is 5.56 Å². The van der Waals surface area contributed by atoms with Crippen LogP contribution in [0.2, 0.25) is 0 Å². The number of hydrogen-bond acceptors (Lipinski definition) is 4. The maximum atomic E-state index is 11.1. The van der Waals surface area contributed by atoms with Crippen molar-refractivity contribution < 1.29 is 9.90 Å². The Labute approximate surface area is 121 Å². The highest BCUT2D eigenvalue weighted by molar-refractivity contribution is 5.97. The van der Waals surface area contributed by atoms with Gasteiger partial charge in [-0.25, -0.2) is 14.8 Å². The van der Waals surface area contributed by atoms with E-state index in [0.717, 1.165) is 16.3 Å². The fourth-order valence-corrected chi connectivity index (χ4v) is 2.40. The van der Waals surface area contributed by atoms with Crippen LogP contribution in [0.4, 0.5) is 5.82 Å². The van der Waals surface area contributed by atoms with Crippen molar-refractivity contribution in [2.45, 2.75) is 6.92 Å². The molecule has 21 heavy (non-hydrogen) atoms. The number of carbonyl (C=O) groups is 1. The van der Waals surface area contributed by atoms with Crippen molar-refractivity contribution in [2.24, 2.45) is 0 Å². The molecule has 0 unspecified atom stereocenters. The average molecular weight is 279 g/mol. The number of fused-ring (bicyclic) bond motifs is 1. The first-order valence-electron chi connectivity index (χ1n) is 6.43. The van der Waals surface area contributed by atoms with Crippen LogP contribution < -0.4 is 5.73 Å². The lowest BCUT2D eigenvalue weighted by molar-refractivity contribution is 0.0696. The van der Waals surface area contributed by atoms with Crippen LogP contribution in [0, 0.1) is 6.92 Å². The van der Waals surface area contributed by atoms with E-state index in [1.54, 1.807) is 6.92 Å². The van der Waals surface area contributed by atoms with Crippen LogP contribution in [-0.4, -0.2) is 21.0 Å². The summed E-state index contributed by atoms with van der Waals surface area (Å²) in [6, 6.07) is 13.7. The zero-order valence-corrected chi connectivity index (χ0v) is 11.4. The summed E-state index contributed by atoms with van der Waals surface area (Å²) in [6.45, 7) is 1.62. The Morgan fingerprint density at radius 1 is 1.10 bits per heavy atom. The molecule has 0 fully saturated rings. The second-order valence-corrected chi connectivity index (χ2v) is 4.72. The zero-order chi connectivity index (χ0) is 15.0. The number of aryl methyl sites for hydroxylation is 1. The molecule has 3 N–H and O–H groups in total. The topological polar surface area (TPSA) is 89.1 Å². The monoisotopic (exact) mass is 279 g/mol. The highest BCUT2D eigenvalue weighted by Crippen LogP contribution is 2.27. The number of benzene rings is 2. The van der Waals surface area contributed by atoms with Gasteiger partial charge in [0.05, 0.1) is 5.69 Å². The number of hydrogen-bond donors (Lipinski definition) is 2. The van der Waals surface area contributed by atoms with E-state index in [-0.39, 0.29) is 11.4 Å². The van der Waals surface area contributed by atoms with Crippen molar-refractivity contribution in [1.82, 2.24) is 9.97 Å². The molecule has 0 saturated heterocycles. The minimum absolute atomic E-state index is 0.0158. The average Bonchev–Trinajstić information content (AvgIpc) is 2.45. The molecule has 104 valence electrons. The van der Waals surface area contributed by atoms with E-state index in [1.807, 2.05) is 42.5 Å². The number of rotatable bonds is 2. The third kappa shape index (κ3) is 2.18. The van der Waals surface area contributed by atoms with Crippen LogP contribution in [-0.2, 0) is 0 Å². The molecule has 0 bridgehead atoms. The van der Waals surface area contributed by atoms with E-state index in [9.17, 15) is 4.79 Å². The molecular weight excluding hydrogens is 266 g/mol. The fraction of sp³-hybridized carbons (Fsp3) is 0.0625. The Balaban J connectivity index is 2.27. The summed E-state index contributed by atoms with van der Waals surface area (Å²) in [5.74, 6) is -0.695. The van der Waals surface area contributed by atoms with E-state index >= 15 is 0 Å². The molecule has 3 rings (SSSR count). The summed E-state index contributed by atoms with van der Waals surface area (Å²) in [7, 11) is 0. The summed E-state index contributed by atoms with van der Waals surface area (Å²) in [6.07, 6.45) is 0. The number of nitrogens with zero attached hydrogens (tertiary/aromatic N) is 2. The number of aromatic carboxylic acids is 1. The van der Waals surface area contributed by atoms with Gasteiger partial charge in [-0.15, -0.1) is 0 Å². The van der Waals surface area contributed by atoms with Gasteiger partial charge >= 0.3 is 5.97 Å². The first kappa shape index (κ1) is 13.1. The largest absolute Gasteiger partial charge is 0.477 e. The van der Waals surface area contributed by atoms with Crippen LogP contribution in [0.15, 0.2) is 42.5 Å². The maximum Gasteiger partial charge on any atom is 0.341 e. The molecule has 5 nitrogen and oxygen atoms in total. The molecule has 0 saturated carbocycles. The number of carboxylic acid groups (broad SMARTS) is 1. The minimum atomic E-state index is -1.12. The predicted molar refractivity (Wildman–Crippen MR) is 81.1 cm³/mol. The quantitative estimate of drug-likeness (QED) is 0.753. The van der Waals surface area contributed by atoms with Crippen LogP contribution >= 0.6 is 0 Å². The second kappa shape index (κ2) is 4.86. The lowest BCUT2D eigenvalue weighted by Gasteiger charge is -2.09. The first-order chi connectivity index (χ1) is 10.1. The molecule has 0 radical (unpaired) electrons. The van der Waals surface area contributed by atoms with Crippen molar-refractivity contribution in [3.63, 3.8) is 0 Å². The van der Waals surface area contributed by atoms with Crippen molar-refractivity contribution in [3.05, 3.63) is 53.7 Å². The molecule has 0 atom stereocenters. The number of anilines is 1. The highest BCUT2D eigenvalue weighted by atomic mass is 16.4. The van der Waals surface area contributed by atoms with Crippen LogP contribution in [0.1, 0.15) is 16.1 Å². The summed E-state index contributed by atoms with van der Waals surface area (Å²) < 4.78 is 0. The smallest absolute Gasteiger partial charge is 0.341 e. The van der Waals surface area contributed by atoms with Crippen molar-refractivity contribution in [3.8, 4) is 11.4 Å². The van der Waals surface area contributed by atoms with E-state index in [4.69, 9.17) is 10.8 Å². The molecule has 0 spiro atoms. The highest BCUT2D eigenvalue weighted by Gasteiger charge is 2.17. The van der Waals surface area contributed by atoms with Crippen LogP contribution in [0.3, 0.4) is 0 Å². The number of nitrogens with two attached hydrogens (primary N) is 1. The molecule has 1 aromatic heterocycles. The van der Waals surface area contributed by atoms with Gasteiger partial charge in [-0.05, 0) is 17.7 Å². The molecule has 5 heteroatoms. The third-order valence-electron chi connectivity index (χ3n) is 3.36. The Morgan fingerprint density at radius 3 is 2.52 bits per heavy atom. The fourth-order valence-electron chi connectivity index (χ4n) is 2.40. The van der Waals surface area contributed by atoms with Gasteiger partial charge in [-0.1, -0.05) is 42.5 Å². The maximum absolute atomic E-state index is 11.1. The van der Waals surface area contributed by atoms with Gasteiger partial charge in [-0.3, -0.25) is 0 Å². The number of carboxylic acids is 1. The molecule has 2 aromatic carbocycles. The zero-order valence-electron chi connectivity index (χ0n) is 11.4. The van der Waals surface area contributed by atoms with E-state index in [0.29, 0.717) is 11.5 Å². The Hall–Kier alpha value is -2.95. The van der Waals surface area contributed by atoms with Gasteiger partial charge in [0.15, 0.2) is 5.82 Å². The normalized spacial score (nSPS) is 10.7. The van der Waals surface area contributed by atoms with Crippen LogP contribution in [0.5, 0.6) is 0 Å². The van der Waals surface area contributed by atoms with E-state index in [2.05, 4.69) is 9.97 Å². The second-order valence-electron chi connectivity index (χ2n) is 4.72. The number of aromatic nitrogens is 2. The SMILES string of the molecule is Cc1nc(-c2cccc3ccccc23)nc(N)c1C(=O)O. The predicted octanol–water partition coefficient (Wildman–Crippen LogP) is 2.89. The molecule has 3 aromatic rings. The van der Waals surface area contributed by atoms with Gasteiger partial charge in [0.1, 0.15) is 11.4 Å². The van der Waals surface area contributed by atoms with Crippen molar-refractivity contribution in [2.75, 3.05) is 5.73 Å². The number of nitrogen functional groups attached to an aromatic ring is 1. The molecule has 0 aliphatic carbocycles. The summed E-state index contributed by atoms with van der Waals surface area (Å²) in [5.41, 5.74) is 6.92. The van der Waals surface area contributed by atoms with Crippen molar-refractivity contribution in [1.29, 1.82) is 0 Å². The lowest BCUT2D eigenvalue weighted by atomic mass is 10.0. The van der Waals surface area contributed by atoms with E-state index < -0.39 is 5.97 Å². The van der Waals surface area contributed by atoms with Gasteiger partial charge in [-0.2, -0.15) is 0 Å². The standard InChI is InChI=1S/C16H13N3O2/c1-9-13(16(20)21)14(17)19-15(18-9)12-8-4-6-10-5-2-3-7-11(10)12/h2-8H,1H3,(H,20,21)(H2,17,18,19). The lowest BCUT2D eigenvalue weighted by Crippen LogP contribution is -2.10. The Morgan fingerprint density at radius 2 is 1.81 bits per heavy atom. The Bertz CT molecular complexity index is 831. The summed E-state index contributed by atoms with van der Waals surface area (Å²) in [5, 5.41) is 11.2. The molecular formula is C16H13N3O2. The van der Waals surface area contributed by atoms with E-state index in [1.165, 1.54) is 0 Å². The van der Waals surface area contributed by atoms with Crippen LogP contribution in [0.25, 0.3) is 22.2 Å². The molecule has 0 aliphatic rings. The first-order valence-corrected chi connectivity index (χ1v) is 6.43. The third-order valence-corrected chi connectivity index (χ3v) is 3.36. The van der Waals surface area contributed by atoms with Gasteiger partial charge < -0.3 is 10.8 Å².